The highest BCUT2D eigenvalue weighted by atomic mass is 31.2. The minimum absolute atomic E-state index is 0.116. The minimum Gasteiger partial charge on any atom is -0.462 e. The average Bonchev–Trinajstić information content (AvgIpc) is 3.10. The number of aromatic amines is 1. The van der Waals surface area contributed by atoms with Crippen LogP contribution in [0.4, 0.5) is 4.39 Å². The standard InChI is InChI=1S/C23H31FN3O10P/c1-13(2)34-20(30)14(3)26-38(33,37-16-8-6-5-7-9-16)36-15(4)18-19(29)23(32,12-24)21(35-18)27-11-10-17(28)25-22(27)31/h5-11,13-15,18-19,21,29,32H,12H2,1-4H3,(H,26,33)(H,25,28,31)/t14-,15-,18+,19?,21+,23+,38?/m0/s1. The van der Waals surface area contributed by atoms with Crippen molar-refractivity contribution in [3.05, 3.63) is 63.4 Å². The Balaban J connectivity index is 1.89. The van der Waals surface area contributed by atoms with Gasteiger partial charge in [-0.15, -0.1) is 0 Å². The highest BCUT2D eigenvalue weighted by molar-refractivity contribution is 7.52. The van der Waals surface area contributed by atoms with Gasteiger partial charge in [0, 0.05) is 12.3 Å². The van der Waals surface area contributed by atoms with Crippen LogP contribution in [0.25, 0.3) is 0 Å². The number of halogens is 1. The zero-order valence-electron chi connectivity index (χ0n) is 21.1. The van der Waals surface area contributed by atoms with Crippen LogP contribution in [-0.2, 0) is 23.4 Å². The topological polar surface area (TPSA) is 178 Å². The number of carbonyl (C=O) groups is 1. The number of hydrogen-bond donors (Lipinski definition) is 4. The number of benzene rings is 1. The van der Waals surface area contributed by atoms with Crippen LogP contribution in [0.5, 0.6) is 5.75 Å². The van der Waals surface area contributed by atoms with Crippen LogP contribution < -0.4 is 20.9 Å². The number of hydrogen-bond acceptors (Lipinski definition) is 10. The van der Waals surface area contributed by atoms with Crippen LogP contribution in [-0.4, -0.2) is 68.5 Å². The maximum atomic E-state index is 14.0. The van der Waals surface area contributed by atoms with Crippen molar-refractivity contribution in [1.29, 1.82) is 0 Å². The van der Waals surface area contributed by atoms with Crippen LogP contribution in [0.3, 0.4) is 0 Å². The van der Waals surface area contributed by atoms with E-state index in [4.69, 9.17) is 18.5 Å². The van der Waals surface area contributed by atoms with E-state index in [1.807, 2.05) is 4.98 Å². The molecule has 0 saturated carbocycles. The Morgan fingerprint density at radius 1 is 1.24 bits per heavy atom. The van der Waals surface area contributed by atoms with E-state index in [0.29, 0.717) is 4.57 Å². The van der Waals surface area contributed by atoms with Crippen molar-refractivity contribution < 1.29 is 42.5 Å². The van der Waals surface area contributed by atoms with Gasteiger partial charge in [-0.05, 0) is 39.8 Å². The molecule has 0 radical (unpaired) electrons. The zero-order chi connectivity index (χ0) is 28.3. The summed E-state index contributed by atoms with van der Waals surface area (Å²) in [5.74, 6) is -0.625. The summed E-state index contributed by atoms with van der Waals surface area (Å²) in [6.45, 7) is 4.42. The van der Waals surface area contributed by atoms with Gasteiger partial charge in [0.05, 0.1) is 12.2 Å². The molecule has 15 heteroatoms. The Kier molecular flexibility index (Phi) is 9.29. The average molecular weight is 559 g/mol. The number of para-hydroxylation sites is 1. The van der Waals surface area contributed by atoms with E-state index in [1.54, 1.807) is 32.0 Å². The molecule has 4 N–H and O–H groups in total. The van der Waals surface area contributed by atoms with Crippen LogP contribution in [0.1, 0.15) is 33.9 Å². The van der Waals surface area contributed by atoms with E-state index in [-0.39, 0.29) is 5.75 Å². The highest BCUT2D eigenvalue weighted by Crippen LogP contribution is 2.49. The Bertz CT molecular complexity index is 1270. The maximum Gasteiger partial charge on any atom is 0.459 e. The number of aliphatic hydroxyl groups excluding tert-OH is 1. The number of nitrogens with one attached hydrogen (secondary N) is 2. The lowest BCUT2D eigenvalue weighted by atomic mass is 9.93. The van der Waals surface area contributed by atoms with Gasteiger partial charge in [0.25, 0.3) is 5.56 Å². The lowest BCUT2D eigenvalue weighted by molar-refractivity contribution is -0.149. The number of aromatic nitrogens is 2. The molecule has 2 unspecified atom stereocenters. The first-order chi connectivity index (χ1) is 17.8. The van der Waals surface area contributed by atoms with Crippen LogP contribution >= 0.6 is 7.75 Å². The van der Waals surface area contributed by atoms with Gasteiger partial charge in [-0.25, -0.2) is 13.8 Å². The Labute approximate surface area is 217 Å². The molecule has 1 saturated heterocycles. The van der Waals surface area contributed by atoms with Gasteiger partial charge in [-0.1, -0.05) is 18.2 Å². The molecule has 0 amide bonds. The lowest BCUT2D eigenvalue weighted by Crippen LogP contribution is -2.51. The van der Waals surface area contributed by atoms with E-state index in [2.05, 4.69) is 5.09 Å². The molecule has 3 rings (SSSR count). The van der Waals surface area contributed by atoms with E-state index < -0.39 is 73.9 Å². The second-order valence-electron chi connectivity index (χ2n) is 9.09. The van der Waals surface area contributed by atoms with Crippen molar-refractivity contribution in [2.24, 2.45) is 0 Å². The SMILES string of the molecule is CC(C)OC(=O)[C@H](C)NP(=O)(Oc1ccccc1)O[C@@H](C)[C@H]1O[C@@H](n2ccc(=O)[nH]c2=O)[C@@](O)(CF)C1O. The smallest absolute Gasteiger partial charge is 0.459 e. The Morgan fingerprint density at radius 2 is 1.89 bits per heavy atom. The first kappa shape index (κ1) is 29.7. The summed E-state index contributed by atoms with van der Waals surface area (Å²) in [5, 5.41) is 24.2. The molecule has 38 heavy (non-hydrogen) atoms. The number of nitrogens with zero attached hydrogens (tertiary/aromatic N) is 1. The number of ether oxygens (including phenoxy) is 2. The molecule has 2 heterocycles. The predicted molar refractivity (Wildman–Crippen MR) is 131 cm³/mol. The monoisotopic (exact) mass is 559 g/mol. The molecule has 13 nitrogen and oxygen atoms in total. The second kappa shape index (κ2) is 11.9. The molecular weight excluding hydrogens is 528 g/mol. The highest BCUT2D eigenvalue weighted by Gasteiger charge is 2.59. The first-order valence-electron chi connectivity index (χ1n) is 11.7. The summed E-state index contributed by atoms with van der Waals surface area (Å²) in [7, 11) is -4.42. The van der Waals surface area contributed by atoms with Gasteiger partial charge in [-0.3, -0.25) is 23.7 Å². The van der Waals surface area contributed by atoms with Crippen molar-refractivity contribution in [2.75, 3.05) is 6.67 Å². The van der Waals surface area contributed by atoms with Gasteiger partial charge in [-0.2, -0.15) is 5.09 Å². The van der Waals surface area contributed by atoms with Crippen LogP contribution in [0.15, 0.2) is 52.2 Å². The second-order valence-corrected chi connectivity index (χ2v) is 10.7. The summed E-state index contributed by atoms with van der Waals surface area (Å²) in [6.07, 6.45) is -6.12. The van der Waals surface area contributed by atoms with Crippen LogP contribution in [0, 0.1) is 0 Å². The van der Waals surface area contributed by atoms with Crippen molar-refractivity contribution in [3.8, 4) is 5.75 Å². The molecule has 7 atom stereocenters. The van der Waals surface area contributed by atoms with Crippen LogP contribution in [0.2, 0.25) is 0 Å². The fraction of sp³-hybridized carbons (Fsp3) is 0.522. The molecule has 2 aromatic rings. The van der Waals surface area contributed by atoms with Crippen molar-refractivity contribution in [1.82, 2.24) is 14.6 Å². The van der Waals surface area contributed by atoms with E-state index in [0.717, 1.165) is 12.3 Å². The van der Waals surface area contributed by atoms with Crippen molar-refractivity contribution >= 4 is 13.7 Å². The van der Waals surface area contributed by atoms with E-state index in [1.165, 1.54) is 26.0 Å². The first-order valence-corrected chi connectivity index (χ1v) is 13.3. The van der Waals surface area contributed by atoms with Gasteiger partial charge >= 0.3 is 19.4 Å². The quantitative estimate of drug-likeness (QED) is 0.228. The number of rotatable bonds is 11. The Hall–Kier alpha value is -2.87. The molecule has 0 aliphatic carbocycles. The number of aliphatic hydroxyl groups is 2. The summed E-state index contributed by atoms with van der Waals surface area (Å²) >= 11 is 0. The molecule has 0 bridgehead atoms. The zero-order valence-corrected chi connectivity index (χ0v) is 22.0. The third kappa shape index (κ3) is 6.57. The van der Waals surface area contributed by atoms with Gasteiger partial charge in [0.2, 0.25) is 0 Å². The summed E-state index contributed by atoms with van der Waals surface area (Å²) in [5.41, 5.74) is -4.39. The van der Waals surface area contributed by atoms with E-state index in [9.17, 15) is 33.6 Å². The maximum absolute atomic E-state index is 14.0. The summed E-state index contributed by atoms with van der Waals surface area (Å²) in [6, 6.07) is 7.67. The fourth-order valence-electron chi connectivity index (χ4n) is 3.80. The largest absolute Gasteiger partial charge is 0.462 e. The third-order valence-corrected chi connectivity index (χ3v) is 7.41. The van der Waals surface area contributed by atoms with Crippen molar-refractivity contribution in [3.63, 3.8) is 0 Å². The molecule has 0 spiro atoms. The minimum atomic E-state index is -4.42. The predicted octanol–water partition coefficient (Wildman–Crippen LogP) is 1.02. The third-order valence-electron chi connectivity index (χ3n) is 5.65. The van der Waals surface area contributed by atoms with Gasteiger partial charge in [0.15, 0.2) is 11.8 Å². The molecule has 1 aliphatic heterocycles. The van der Waals surface area contributed by atoms with Gasteiger partial charge < -0.3 is 24.2 Å². The summed E-state index contributed by atoms with van der Waals surface area (Å²) < 4.78 is 50.5. The Morgan fingerprint density at radius 3 is 2.47 bits per heavy atom. The summed E-state index contributed by atoms with van der Waals surface area (Å²) in [4.78, 5) is 38.0. The number of carbonyl (C=O) groups excluding carboxylic acids is 1. The molecule has 210 valence electrons. The molecule has 1 aliphatic rings. The molecular formula is C23H31FN3O10P. The number of alkyl halides is 1. The lowest BCUT2D eigenvalue weighted by Gasteiger charge is -2.30. The molecule has 1 fully saturated rings. The normalized spacial score (nSPS) is 26.5. The van der Waals surface area contributed by atoms with Gasteiger partial charge in [0.1, 0.15) is 30.7 Å². The molecule has 1 aromatic carbocycles. The fourth-order valence-corrected chi connectivity index (χ4v) is 5.50. The number of esters is 1. The van der Waals surface area contributed by atoms with Crippen molar-refractivity contribution in [2.45, 2.75) is 70.0 Å². The molecule has 1 aromatic heterocycles. The van der Waals surface area contributed by atoms with E-state index >= 15 is 0 Å². The number of H-pyrrole nitrogens is 1.